The van der Waals surface area contributed by atoms with Crippen molar-refractivity contribution in [2.75, 3.05) is 13.2 Å². The predicted molar refractivity (Wildman–Crippen MR) is 77.6 cm³/mol. The Kier molecular flexibility index (Phi) is 3.75. The molecule has 0 bridgehead atoms. The van der Waals surface area contributed by atoms with E-state index in [4.69, 9.17) is 4.52 Å². The molecule has 0 saturated heterocycles. The average Bonchev–Trinajstić information content (AvgIpc) is 2.97. The molecule has 0 unspecified atom stereocenters. The van der Waals surface area contributed by atoms with Crippen molar-refractivity contribution in [2.24, 2.45) is 5.41 Å². The predicted octanol–water partition coefficient (Wildman–Crippen LogP) is 2.23. The van der Waals surface area contributed by atoms with E-state index in [2.05, 4.69) is 10.5 Å². The Morgan fingerprint density at radius 2 is 2.10 bits per heavy atom. The van der Waals surface area contributed by atoms with Gasteiger partial charge in [0.1, 0.15) is 0 Å². The second-order valence-corrected chi connectivity index (χ2v) is 5.64. The molecule has 1 heterocycles. The van der Waals surface area contributed by atoms with Crippen molar-refractivity contribution in [3.05, 3.63) is 42.1 Å². The van der Waals surface area contributed by atoms with Crippen molar-refractivity contribution in [1.82, 2.24) is 10.5 Å². The minimum Gasteiger partial charge on any atom is -0.396 e. The van der Waals surface area contributed by atoms with Gasteiger partial charge in [-0.3, -0.25) is 4.79 Å². The fourth-order valence-electron chi connectivity index (χ4n) is 2.55. The van der Waals surface area contributed by atoms with E-state index in [0.717, 1.165) is 24.8 Å². The summed E-state index contributed by atoms with van der Waals surface area (Å²) in [6.07, 6.45) is 3.02. The van der Waals surface area contributed by atoms with E-state index in [1.165, 1.54) is 0 Å². The van der Waals surface area contributed by atoms with Crippen LogP contribution in [0.5, 0.6) is 0 Å². The third-order valence-electron chi connectivity index (χ3n) is 4.17. The molecule has 0 radical (unpaired) electrons. The third-order valence-corrected chi connectivity index (χ3v) is 4.17. The number of hydrogen-bond acceptors (Lipinski definition) is 4. The molecule has 1 amide bonds. The Hall–Kier alpha value is -2.14. The van der Waals surface area contributed by atoms with Crippen molar-refractivity contribution >= 4 is 5.91 Å². The minimum absolute atomic E-state index is 0.112. The van der Waals surface area contributed by atoms with Gasteiger partial charge in [0.15, 0.2) is 11.5 Å². The second kappa shape index (κ2) is 5.69. The summed E-state index contributed by atoms with van der Waals surface area (Å²) in [6.45, 7) is 0.594. The molecule has 2 N–H and O–H groups in total. The Morgan fingerprint density at radius 1 is 1.33 bits per heavy atom. The van der Waals surface area contributed by atoms with Gasteiger partial charge in [0.05, 0.1) is 6.61 Å². The number of nitrogens with zero attached hydrogens (tertiary/aromatic N) is 1. The number of amides is 1. The Bertz CT molecular complexity index is 612. The lowest BCUT2D eigenvalue weighted by Gasteiger charge is -2.40. The van der Waals surface area contributed by atoms with E-state index < -0.39 is 0 Å². The number of aliphatic hydroxyl groups is 1. The van der Waals surface area contributed by atoms with Crippen LogP contribution in [0, 0.1) is 5.41 Å². The molecule has 1 saturated carbocycles. The van der Waals surface area contributed by atoms with Gasteiger partial charge in [-0.05, 0) is 12.8 Å². The largest absolute Gasteiger partial charge is 0.396 e. The normalized spacial score (nSPS) is 16.2. The van der Waals surface area contributed by atoms with Gasteiger partial charge in [0.2, 0.25) is 0 Å². The zero-order valence-corrected chi connectivity index (χ0v) is 11.7. The van der Waals surface area contributed by atoms with Crippen LogP contribution in [0.4, 0.5) is 0 Å². The first kappa shape index (κ1) is 13.8. The van der Waals surface area contributed by atoms with Gasteiger partial charge in [0, 0.05) is 23.6 Å². The number of benzene rings is 1. The van der Waals surface area contributed by atoms with E-state index in [9.17, 15) is 9.90 Å². The van der Waals surface area contributed by atoms with Gasteiger partial charge in [-0.25, -0.2) is 0 Å². The van der Waals surface area contributed by atoms with Crippen molar-refractivity contribution in [1.29, 1.82) is 0 Å². The lowest BCUT2D eigenvalue weighted by Crippen LogP contribution is -2.44. The minimum atomic E-state index is -0.263. The quantitative estimate of drug-likeness (QED) is 0.884. The second-order valence-electron chi connectivity index (χ2n) is 5.64. The molecule has 1 aromatic heterocycles. The summed E-state index contributed by atoms with van der Waals surface area (Å²) in [4.78, 5) is 12.1. The summed E-state index contributed by atoms with van der Waals surface area (Å²) in [5, 5.41) is 16.0. The summed E-state index contributed by atoms with van der Waals surface area (Å²) in [7, 11) is 0. The van der Waals surface area contributed by atoms with Crippen LogP contribution in [0.3, 0.4) is 0 Å². The number of rotatable bonds is 5. The molecule has 1 aliphatic rings. The van der Waals surface area contributed by atoms with E-state index in [0.29, 0.717) is 12.3 Å². The molecule has 1 aromatic carbocycles. The first-order valence-corrected chi connectivity index (χ1v) is 7.14. The molecule has 1 fully saturated rings. The zero-order valence-electron chi connectivity index (χ0n) is 11.7. The molecule has 0 aliphatic heterocycles. The number of hydrogen-bond donors (Lipinski definition) is 2. The smallest absolute Gasteiger partial charge is 0.273 e. The van der Waals surface area contributed by atoms with Gasteiger partial charge in [-0.2, -0.15) is 0 Å². The van der Waals surface area contributed by atoms with Gasteiger partial charge in [0.25, 0.3) is 5.91 Å². The van der Waals surface area contributed by atoms with Gasteiger partial charge in [-0.1, -0.05) is 41.9 Å². The summed E-state index contributed by atoms with van der Waals surface area (Å²) in [5.41, 5.74) is 1.01. The van der Waals surface area contributed by atoms with Crippen molar-refractivity contribution in [2.45, 2.75) is 19.3 Å². The highest BCUT2D eigenvalue weighted by Crippen LogP contribution is 2.39. The molecular weight excluding hydrogens is 268 g/mol. The van der Waals surface area contributed by atoms with Crippen LogP contribution in [0.25, 0.3) is 11.3 Å². The lowest BCUT2D eigenvalue weighted by atomic mass is 9.69. The molecule has 2 aromatic rings. The van der Waals surface area contributed by atoms with Crippen LogP contribution in [-0.4, -0.2) is 29.3 Å². The maximum absolute atomic E-state index is 12.1. The van der Waals surface area contributed by atoms with Crippen molar-refractivity contribution < 1.29 is 14.4 Å². The van der Waals surface area contributed by atoms with Crippen LogP contribution in [0.1, 0.15) is 29.8 Å². The molecule has 0 spiro atoms. The molecule has 1 aliphatic carbocycles. The van der Waals surface area contributed by atoms with E-state index in [-0.39, 0.29) is 23.6 Å². The van der Waals surface area contributed by atoms with Gasteiger partial charge in [-0.15, -0.1) is 0 Å². The summed E-state index contributed by atoms with van der Waals surface area (Å²) in [6, 6.07) is 11.2. The highest BCUT2D eigenvalue weighted by Gasteiger charge is 2.36. The van der Waals surface area contributed by atoms with Gasteiger partial charge >= 0.3 is 0 Å². The van der Waals surface area contributed by atoms with Crippen LogP contribution < -0.4 is 5.32 Å². The summed E-state index contributed by atoms with van der Waals surface area (Å²) >= 11 is 0. The Morgan fingerprint density at radius 3 is 2.71 bits per heavy atom. The summed E-state index contributed by atoms with van der Waals surface area (Å²) in [5.74, 6) is 0.307. The van der Waals surface area contributed by atoms with E-state index in [1.807, 2.05) is 30.3 Å². The third kappa shape index (κ3) is 2.83. The molecule has 5 nitrogen and oxygen atoms in total. The van der Waals surface area contributed by atoms with E-state index in [1.54, 1.807) is 6.07 Å². The number of carbonyl (C=O) groups excluding carboxylic acids is 1. The number of aliphatic hydroxyl groups excluding tert-OH is 1. The topological polar surface area (TPSA) is 75.4 Å². The molecular formula is C16H18N2O3. The molecule has 21 heavy (non-hydrogen) atoms. The molecule has 0 atom stereocenters. The average molecular weight is 286 g/mol. The van der Waals surface area contributed by atoms with Crippen LogP contribution in [0.15, 0.2) is 40.9 Å². The number of carbonyl (C=O) groups is 1. The van der Waals surface area contributed by atoms with E-state index >= 15 is 0 Å². The molecule has 3 rings (SSSR count). The summed E-state index contributed by atoms with van der Waals surface area (Å²) < 4.78 is 5.21. The first-order valence-electron chi connectivity index (χ1n) is 7.14. The van der Waals surface area contributed by atoms with Crippen LogP contribution in [-0.2, 0) is 0 Å². The maximum atomic E-state index is 12.1. The fourth-order valence-corrected chi connectivity index (χ4v) is 2.55. The van der Waals surface area contributed by atoms with Gasteiger partial charge < -0.3 is 14.9 Å². The monoisotopic (exact) mass is 286 g/mol. The fraction of sp³-hybridized carbons (Fsp3) is 0.375. The van der Waals surface area contributed by atoms with Crippen molar-refractivity contribution in [3.63, 3.8) is 0 Å². The number of nitrogens with one attached hydrogen (secondary N) is 1. The maximum Gasteiger partial charge on any atom is 0.273 e. The molecule has 5 heteroatoms. The lowest BCUT2D eigenvalue weighted by molar-refractivity contribution is 0.0427. The van der Waals surface area contributed by atoms with Crippen molar-refractivity contribution in [3.8, 4) is 11.3 Å². The van der Waals surface area contributed by atoms with Crippen LogP contribution >= 0.6 is 0 Å². The highest BCUT2D eigenvalue weighted by atomic mass is 16.5. The molecule has 110 valence electrons. The number of aromatic nitrogens is 1. The Balaban J connectivity index is 1.64. The standard InChI is InChI=1S/C16H18N2O3/c19-11-16(7-4-8-16)10-17-15(20)13-9-14(21-18-13)12-5-2-1-3-6-12/h1-3,5-6,9,19H,4,7-8,10-11H2,(H,17,20). The SMILES string of the molecule is O=C(NCC1(CO)CCC1)c1cc(-c2ccccc2)on1. The first-order chi connectivity index (χ1) is 10.2. The highest BCUT2D eigenvalue weighted by molar-refractivity contribution is 5.93. The zero-order chi connectivity index (χ0) is 14.7. The Labute approximate surface area is 123 Å². The van der Waals surface area contributed by atoms with Crippen LogP contribution in [0.2, 0.25) is 0 Å².